The van der Waals surface area contributed by atoms with Crippen LogP contribution in [0.15, 0.2) is 94.3 Å². The van der Waals surface area contributed by atoms with Crippen molar-refractivity contribution >= 4 is 11.1 Å². The van der Waals surface area contributed by atoms with Gasteiger partial charge < -0.3 is 33.5 Å². The number of alkyl halides is 1. The molecule has 1 aliphatic rings. The molecule has 1 saturated heterocycles. The van der Waals surface area contributed by atoms with E-state index in [1.54, 1.807) is 20.3 Å². The maximum atomic E-state index is 15.7. The third kappa shape index (κ3) is 5.07. The molecule has 0 spiro atoms. The number of aromatic nitrogens is 2. The number of halogens is 1. The molecule has 1 fully saturated rings. The van der Waals surface area contributed by atoms with Crippen molar-refractivity contribution < 1.29 is 32.9 Å². The number of methoxy groups -OCH3 is 2. The fraction of sp³-hybridized carbons (Fsp3) is 0.273. The number of aromatic amines is 1. The highest BCUT2D eigenvalue weighted by atomic mass is 19.1. The minimum absolute atomic E-state index is 0.0568. The molecule has 3 aromatic carbocycles. The van der Waals surface area contributed by atoms with E-state index < -0.39 is 35.8 Å². The van der Waals surface area contributed by atoms with Gasteiger partial charge in [-0.05, 0) is 59.5 Å². The van der Waals surface area contributed by atoms with Crippen LogP contribution in [0.3, 0.4) is 0 Å². The number of aliphatic hydroxyl groups excluding tert-OH is 1. The Kier molecular flexibility index (Phi) is 7.74. The first-order valence-electron chi connectivity index (χ1n) is 13.8. The SMILES string of the molecule is COc1ccc(C(OC[C@H]2OC(c3[nH]c(=O)nc4occc34)[C@H](F)[C@H]2O)(c2ccccc2)c2ccc(OC)cc2C)cc1. The fourth-order valence-electron chi connectivity index (χ4n) is 5.80. The van der Waals surface area contributed by atoms with Crippen LogP contribution in [0.4, 0.5) is 4.39 Å². The Morgan fingerprint density at radius 3 is 2.37 bits per heavy atom. The summed E-state index contributed by atoms with van der Waals surface area (Å²) in [5.74, 6) is 1.36. The summed E-state index contributed by atoms with van der Waals surface area (Å²) in [6.07, 6.45) is -4.37. The molecule has 2 N–H and O–H groups in total. The molecule has 0 bridgehead atoms. The number of furan rings is 1. The topological polar surface area (TPSA) is 116 Å². The number of benzene rings is 3. The number of hydrogen-bond donors (Lipinski definition) is 2. The average Bonchev–Trinajstić information content (AvgIpc) is 3.62. The maximum Gasteiger partial charge on any atom is 0.348 e. The van der Waals surface area contributed by atoms with Crippen LogP contribution in [0, 0.1) is 6.92 Å². The standard InChI is InChI=1S/C33H31FN2O7/c1-19-17-23(40-3)13-14-25(19)33(20-7-5-4-6-8-20,21-9-11-22(39-2)12-10-21)42-18-26-29(37)27(34)30(43-26)28-24-15-16-41-31(24)36-32(38)35-28/h4-17,26-27,29-30,37H,18H2,1-3H3,(H,35,36,38)/t26-,27-,29+,30?,33?/m1/s1. The molecule has 0 aliphatic carbocycles. The quantitative estimate of drug-likeness (QED) is 0.232. The molecule has 222 valence electrons. The van der Waals surface area contributed by atoms with Crippen molar-refractivity contribution in [2.45, 2.75) is 37.0 Å². The van der Waals surface area contributed by atoms with Crippen LogP contribution in [0.25, 0.3) is 11.1 Å². The monoisotopic (exact) mass is 586 g/mol. The molecule has 0 saturated carbocycles. The second kappa shape index (κ2) is 11.6. The number of nitrogens with zero attached hydrogens (tertiary/aromatic N) is 1. The number of aliphatic hydroxyl groups is 1. The smallest absolute Gasteiger partial charge is 0.348 e. The Hall–Kier alpha value is -4.51. The largest absolute Gasteiger partial charge is 0.497 e. The van der Waals surface area contributed by atoms with E-state index in [0.29, 0.717) is 16.9 Å². The van der Waals surface area contributed by atoms with Crippen molar-refractivity contribution in [2.75, 3.05) is 20.8 Å². The van der Waals surface area contributed by atoms with Crippen molar-refractivity contribution in [2.24, 2.45) is 0 Å². The lowest BCUT2D eigenvalue weighted by atomic mass is 9.78. The van der Waals surface area contributed by atoms with Gasteiger partial charge in [-0.25, -0.2) is 9.18 Å². The zero-order chi connectivity index (χ0) is 30.1. The Balaban J connectivity index is 1.43. The highest BCUT2D eigenvalue weighted by Crippen LogP contribution is 2.45. The molecule has 0 amide bonds. The lowest BCUT2D eigenvalue weighted by molar-refractivity contribution is -0.0832. The zero-order valence-corrected chi connectivity index (χ0v) is 23.8. The van der Waals surface area contributed by atoms with Crippen LogP contribution in [-0.2, 0) is 15.1 Å². The Morgan fingerprint density at radius 1 is 0.977 bits per heavy atom. The lowest BCUT2D eigenvalue weighted by Gasteiger charge is -2.38. The normalized spacial score (nSPS) is 21.5. The van der Waals surface area contributed by atoms with Crippen molar-refractivity contribution in [3.8, 4) is 11.5 Å². The number of ether oxygens (including phenoxy) is 4. The van der Waals surface area contributed by atoms with Crippen LogP contribution in [0.2, 0.25) is 0 Å². The molecule has 1 aliphatic heterocycles. The number of rotatable bonds is 9. The van der Waals surface area contributed by atoms with Crippen LogP contribution < -0.4 is 15.2 Å². The van der Waals surface area contributed by atoms with Gasteiger partial charge >= 0.3 is 5.69 Å². The van der Waals surface area contributed by atoms with Gasteiger partial charge in [-0.1, -0.05) is 48.5 Å². The van der Waals surface area contributed by atoms with E-state index in [9.17, 15) is 9.90 Å². The van der Waals surface area contributed by atoms with Crippen molar-refractivity contribution in [1.29, 1.82) is 0 Å². The van der Waals surface area contributed by atoms with Gasteiger partial charge in [-0.3, -0.25) is 0 Å². The van der Waals surface area contributed by atoms with Gasteiger partial charge in [0.1, 0.15) is 35.4 Å². The Morgan fingerprint density at radius 2 is 1.67 bits per heavy atom. The van der Waals surface area contributed by atoms with Gasteiger partial charge in [0, 0.05) is 0 Å². The molecule has 5 aromatic rings. The first-order valence-corrected chi connectivity index (χ1v) is 13.8. The van der Waals surface area contributed by atoms with Gasteiger partial charge in [-0.2, -0.15) is 4.98 Å². The summed E-state index contributed by atoms with van der Waals surface area (Å²) in [7, 11) is 3.20. The molecule has 5 atom stereocenters. The fourth-order valence-corrected chi connectivity index (χ4v) is 5.80. The summed E-state index contributed by atoms with van der Waals surface area (Å²) in [4.78, 5) is 18.5. The number of nitrogens with one attached hydrogen (secondary N) is 1. The zero-order valence-electron chi connectivity index (χ0n) is 23.8. The molecule has 0 radical (unpaired) electrons. The molecule has 6 rings (SSSR count). The van der Waals surface area contributed by atoms with E-state index in [2.05, 4.69) is 9.97 Å². The number of hydrogen-bond acceptors (Lipinski definition) is 8. The van der Waals surface area contributed by atoms with E-state index in [1.807, 2.05) is 79.7 Å². The molecular formula is C33H31FN2O7. The molecular weight excluding hydrogens is 555 g/mol. The predicted octanol–water partition coefficient (Wildman–Crippen LogP) is 4.99. The summed E-state index contributed by atoms with van der Waals surface area (Å²) < 4.78 is 44.8. The Labute approximate surface area is 246 Å². The van der Waals surface area contributed by atoms with E-state index in [-0.39, 0.29) is 18.0 Å². The van der Waals surface area contributed by atoms with E-state index in [1.165, 1.54) is 6.26 Å². The van der Waals surface area contributed by atoms with E-state index in [0.717, 1.165) is 22.3 Å². The van der Waals surface area contributed by atoms with Gasteiger partial charge in [0.05, 0.1) is 38.2 Å². The van der Waals surface area contributed by atoms with Crippen molar-refractivity contribution in [3.63, 3.8) is 0 Å². The molecule has 43 heavy (non-hydrogen) atoms. The summed E-state index contributed by atoms with van der Waals surface area (Å²) in [5.41, 5.74) is 1.61. The van der Waals surface area contributed by atoms with E-state index in [4.69, 9.17) is 23.4 Å². The number of aryl methyl sites for hydroxylation is 1. The highest BCUT2D eigenvalue weighted by Gasteiger charge is 2.48. The molecule has 10 heteroatoms. The molecule has 2 unspecified atom stereocenters. The van der Waals surface area contributed by atoms with Crippen LogP contribution in [-0.4, -0.2) is 54.3 Å². The van der Waals surface area contributed by atoms with Crippen molar-refractivity contribution in [1.82, 2.24) is 9.97 Å². The minimum atomic E-state index is -1.85. The van der Waals surface area contributed by atoms with Crippen LogP contribution in [0.5, 0.6) is 11.5 Å². The second-order valence-corrected chi connectivity index (χ2v) is 10.4. The molecule has 2 aromatic heterocycles. The first-order chi connectivity index (χ1) is 20.8. The third-order valence-electron chi connectivity index (χ3n) is 7.94. The lowest BCUT2D eigenvalue weighted by Crippen LogP contribution is -2.39. The summed E-state index contributed by atoms with van der Waals surface area (Å²) in [5, 5.41) is 11.4. The van der Waals surface area contributed by atoms with E-state index >= 15 is 4.39 Å². The van der Waals surface area contributed by atoms with Gasteiger partial charge in [0.25, 0.3) is 0 Å². The number of H-pyrrole nitrogens is 1. The summed E-state index contributed by atoms with van der Waals surface area (Å²) in [6, 6.07) is 24.5. The molecule has 9 nitrogen and oxygen atoms in total. The third-order valence-corrected chi connectivity index (χ3v) is 7.94. The first kappa shape index (κ1) is 28.6. The average molecular weight is 587 g/mol. The summed E-state index contributed by atoms with van der Waals surface area (Å²) >= 11 is 0. The van der Waals surface area contributed by atoms with Crippen LogP contribution in [0.1, 0.15) is 34.1 Å². The minimum Gasteiger partial charge on any atom is -0.497 e. The van der Waals surface area contributed by atoms with Crippen LogP contribution >= 0.6 is 0 Å². The van der Waals surface area contributed by atoms with Gasteiger partial charge in [-0.15, -0.1) is 0 Å². The highest BCUT2D eigenvalue weighted by molar-refractivity contribution is 5.76. The van der Waals surface area contributed by atoms with Crippen molar-refractivity contribution in [3.05, 3.63) is 124 Å². The maximum absolute atomic E-state index is 15.7. The predicted molar refractivity (Wildman–Crippen MR) is 156 cm³/mol. The summed E-state index contributed by atoms with van der Waals surface area (Å²) in [6.45, 7) is 1.78. The van der Waals surface area contributed by atoms with Gasteiger partial charge in [0.15, 0.2) is 6.17 Å². The Bertz CT molecular complexity index is 1770. The second-order valence-electron chi connectivity index (χ2n) is 10.4. The molecule has 3 heterocycles. The number of fused-ring (bicyclic) bond motifs is 1. The van der Waals surface area contributed by atoms with Gasteiger partial charge in [0.2, 0.25) is 5.71 Å².